The molecule has 1 aromatic rings. The summed E-state index contributed by atoms with van der Waals surface area (Å²) in [6.45, 7) is 4.48. The van der Waals surface area contributed by atoms with Crippen molar-refractivity contribution in [1.29, 1.82) is 0 Å². The van der Waals surface area contributed by atoms with Gasteiger partial charge < -0.3 is 15.2 Å². The number of benzene rings is 1. The van der Waals surface area contributed by atoms with Gasteiger partial charge in [-0.25, -0.2) is 4.39 Å². The molecule has 0 radical (unpaired) electrons. The standard InChI is InChI=1S/C12H17BrFNO2/c1-3-16-12(8-15,17-4-2)10-7-9(13)5-6-11(10)14/h5-7H,3-4,8,15H2,1-2H3. The lowest BCUT2D eigenvalue weighted by Crippen LogP contribution is -2.41. The fourth-order valence-electron chi connectivity index (χ4n) is 1.68. The Morgan fingerprint density at radius 3 is 2.35 bits per heavy atom. The van der Waals surface area contributed by atoms with E-state index in [0.29, 0.717) is 18.8 Å². The number of hydrogen-bond acceptors (Lipinski definition) is 3. The molecule has 3 nitrogen and oxygen atoms in total. The lowest BCUT2D eigenvalue weighted by atomic mass is 10.0. The van der Waals surface area contributed by atoms with E-state index in [4.69, 9.17) is 15.2 Å². The second-order valence-electron chi connectivity index (χ2n) is 3.45. The number of ether oxygens (including phenoxy) is 2. The fraction of sp³-hybridized carbons (Fsp3) is 0.500. The smallest absolute Gasteiger partial charge is 0.210 e. The van der Waals surface area contributed by atoms with E-state index in [1.165, 1.54) is 6.07 Å². The summed E-state index contributed by atoms with van der Waals surface area (Å²) < 4.78 is 25.7. The second-order valence-corrected chi connectivity index (χ2v) is 4.36. The lowest BCUT2D eigenvalue weighted by molar-refractivity contribution is -0.236. The summed E-state index contributed by atoms with van der Waals surface area (Å²) in [6.07, 6.45) is 0. The Kier molecular flexibility index (Phi) is 5.52. The summed E-state index contributed by atoms with van der Waals surface area (Å²) in [6, 6.07) is 4.62. The average molecular weight is 306 g/mol. The highest BCUT2D eigenvalue weighted by molar-refractivity contribution is 9.10. The van der Waals surface area contributed by atoms with Crippen molar-refractivity contribution in [3.63, 3.8) is 0 Å². The highest BCUT2D eigenvalue weighted by Gasteiger charge is 2.35. The molecule has 0 aliphatic rings. The maximum Gasteiger partial charge on any atom is 0.210 e. The number of hydrogen-bond donors (Lipinski definition) is 1. The van der Waals surface area contributed by atoms with Crippen molar-refractivity contribution in [2.75, 3.05) is 19.8 Å². The summed E-state index contributed by atoms with van der Waals surface area (Å²) in [4.78, 5) is 0. The molecule has 0 saturated heterocycles. The first-order chi connectivity index (χ1) is 8.09. The van der Waals surface area contributed by atoms with E-state index in [9.17, 15) is 4.39 Å². The van der Waals surface area contributed by atoms with Crippen molar-refractivity contribution in [2.24, 2.45) is 5.73 Å². The van der Waals surface area contributed by atoms with E-state index < -0.39 is 5.79 Å². The van der Waals surface area contributed by atoms with Gasteiger partial charge in [0, 0.05) is 23.2 Å². The minimum absolute atomic E-state index is 0.0576. The molecule has 0 unspecified atom stereocenters. The van der Waals surface area contributed by atoms with Crippen molar-refractivity contribution in [2.45, 2.75) is 19.6 Å². The monoisotopic (exact) mass is 305 g/mol. The van der Waals surface area contributed by atoms with Gasteiger partial charge in [0.05, 0.1) is 6.54 Å². The number of halogens is 2. The van der Waals surface area contributed by atoms with Crippen molar-refractivity contribution >= 4 is 15.9 Å². The zero-order chi connectivity index (χ0) is 12.9. The Morgan fingerprint density at radius 2 is 1.88 bits per heavy atom. The Hall–Kier alpha value is -0.490. The minimum atomic E-state index is -1.21. The van der Waals surface area contributed by atoms with Gasteiger partial charge in [0.15, 0.2) is 0 Å². The first-order valence-electron chi connectivity index (χ1n) is 5.53. The summed E-state index contributed by atoms with van der Waals surface area (Å²) >= 11 is 3.30. The van der Waals surface area contributed by atoms with Gasteiger partial charge in [-0.1, -0.05) is 15.9 Å². The molecular weight excluding hydrogens is 289 g/mol. The number of rotatable bonds is 6. The van der Waals surface area contributed by atoms with E-state index in [0.717, 1.165) is 4.47 Å². The Labute approximate surface area is 109 Å². The maximum absolute atomic E-state index is 13.9. The van der Waals surface area contributed by atoms with Crippen molar-refractivity contribution < 1.29 is 13.9 Å². The molecule has 0 spiro atoms. The molecule has 1 rings (SSSR count). The third kappa shape index (κ3) is 3.25. The van der Waals surface area contributed by atoms with Crippen LogP contribution in [-0.2, 0) is 15.3 Å². The molecule has 5 heteroatoms. The van der Waals surface area contributed by atoms with Gasteiger partial charge in [-0.2, -0.15) is 0 Å². The van der Waals surface area contributed by atoms with Gasteiger partial charge >= 0.3 is 0 Å². The molecule has 0 saturated carbocycles. The first-order valence-corrected chi connectivity index (χ1v) is 6.32. The topological polar surface area (TPSA) is 44.5 Å². The van der Waals surface area contributed by atoms with Crippen LogP contribution in [0.2, 0.25) is 0 Å². The Morgan fingerprint density at radius 1 is 1.29 bits per heavy atom. The van der Waals surface area contributed by atoms with E-state index in [2.05, 4.69) is 15.9 Å². The molecule has 0 aliphatic carbocycles. The van der Waals surface area contributed by atoms with Crippen LogP contribution in [0.4, 0.5) is 4.39 Å². The molecule has 0 aliphatic heterocycles. The van der Waals surface area contributed by atoms with Gasteiger partial charge in [-0.05, 0) is 32.0 Å². The van der Waals surface area contributed by atoms with E-state index in [1.807, 2.05) is 13.8 Å². The van der Waals surface area contributed by atoms with E-state index in [-0.39, 0.29) is 12.4 Å². The van der Waals surface area contributed by atoms with E-state index in [1.54, 1.807) is 12.1 Å². The van der Waals surface area contributed by atoms with Crippen LogP contribution in [0.25, 0.3) is 0 Å². The summed E-state index contributed by atoms with van der Waals surface area (Å²) in [5.74, 6) is -1.60. The molecular formula is C12H17BrFNO2. The summed E-state index contributed by atoms with van der Waals surface area (Å²) in [5, 5.41) is 0. The van der Waals surface area contributed by atoms with Crippen LogP contribution in [0.3, 0.4) is 0 Å². The minimum Gasteiger partial charge on any atom is -0.345 e. The fourth-order valence-corrected chi connectivity index (χ4v) is 2.04. The molecule has 2 N–H and O–H groups in total. The van der Waals surface area contributed by atoms with Crippen LogP contribution in [0.5, 0.6) is 0 Å². The molecule has 1 aromatic carbocycles. The van der Waals surface area contributed by atoms with Gasteiger partial charge in [0.2, 0.25) is 5.79 Å². The molecule has 0 bridgehead atoms. The van der Waals surface area contributed by atoms with Crippen molar-refractivity contribution in [3.8, 4) is 0 Å². The van der Waals surface area contributed by atoms with Crippen LogP contribution >= 0.6 is 15.9 Å². The summed E-state index contributed by atoms with van der Waals surface area (Å²) in [5.41, 5.74) is 6.02. The average Bonchev–Trinajstić information content (AvgIpc) is 2.32. The second kappa shape index (κ2) is 6.44. The van der Waals surface area contributed by atoms with Crippen molar-refractivity contribution in [1.82, 2.24) is 0 Å². The Bertz CT molecular complexity index is 368. The molecule has 0 amide bonds. The lowest BCUT2D eigenvalue weighted by Gasteiger charge is -2.32. The number of nitrogens with two attached hydrogens (primary N) is 1. The first kappa shape index (κ1) is 14.6. The van der Waals surface area contributed by atoms with Gasteiger partial charge in [-0.3, -0.25) is 0 Å². The van der Waals surface area contributed by atoms with Gasteiger partial charge in [0.1, 0.15) is 5.82 Å². The van der Waals surface area contributed by atoms with Gasteiger partial charge in [0.25, 0.3) is 0 Å². The maximum atomic E-state index is 13.9. The predicted molar refractivity (Wildman–Crippen MR) is 68.1 cm³/mol. The molecule has 0 atom stereocenters. The molecule has 96 valence electrons. The molecule has 0 heterocycles. The zero-order valence-corrected chi connectivity index (χ0v) is 11.6. The van der Waals surface area contributed by atoms with Crippen LogP contribution in [0.15, 0.2) is 22.7 Å². The van der Waals surface area contributed by atoms with Crippen LogP contribution in [0.1, 0.15) is 19.4 Å². The molecule has 17 heavy (non-hydrogen) atoms. The van der Waals surface area contributed by atoms with Crippen LogP contribution in [0, 0.1) is 5.82 Å². The summed E-state index contributed by atoms with van der Waals surface area (Å²) in [7, 11) is 0. The highest BCUT2D eigenvalue weighted by Crippen LogP contribution is 2.30. The van der Waals surface area contributed by atoms with Crippen molar-refractivity contribution in [3.05, 3.63) is 34.1 Å². The Balaban J connectivity index is 3.23. The SMILES string of the molecule is CCOC(CN)(OCC)c1cc(Br)ccc1F. The van der Waals surface area contributed by atoms with Crippen LogP contribution in [-0.4, -0.2) is 19.8 Å². The normalized spacial score (nSPS) is 11.8. The van der Waals surface area contributed by atoms with E-state index >= 15 is 0 Å². The predicted octanol–water partition coefficient (Wildman–Crippen LogP) is 2.77. The van der Waals surface area contributed by atoms with Gasteiger partial charge in [-0.15, -0.1) is 0 Å². The quantitative estimate of drug-likeness (QED) is 0.822. The largest absolute Gasteiger partial charge is 0.345 e. The third-order valence-corrected chi connectivity index (χ3v) is 2.86. The highest BCUT2D eigenvalue weighted by atomic mass is 79.9. The van der Waals surface area contributed by atoms with Crippen LogP contribution < -0.4 is 5.73 Å². The molecule has 0 fully saturated rings. The molecule has 0 aromatic heterocycles. The third-order valence-electron chi connectivity index (χ3n) is 2.36. The zero-order valence-electron chi connectivity index (χ0n) is 10.0.